The van der Waals surface area contributed by atoms with Crippen LogP contribution in [0.5, 0.6) is 0 Å². The Morgan fingerprint density at radius 1 is 1.00 bits per heavy atom. The zero-order valence-corrected chi connectivity index (χ0v) is 13.8. The molecule has 0 saturated heterocycles. The van der Waals surface area contributed by atoms with Crippen molar-refractivity contribution in [1.82, 2.24) is 16.0 Å². The van der Waals surface area contributed by atoms with Crippen molar-refractivity contribution >= 4 is 17.8 Å². The summed E-state index contributed by atoms with van der Waals surface area (Å²) in [5.74, 6) is -1.43. The van der Waals surface area contributed by atoms with Gasteiger partial charge in [-0.3, -0.25) is 14.4 Å². The number of carbonyl (C=O) groups excluding carboxylic acids is 2. The fourth-order valence-electron chi connectivity index (χ4n) is 1.93. The molecule has 7 nitrogen and oxygen atoms in total. The minimum absolute atomic E-state index is 0.0271. The lowest BCUT2D eigenvalue weighted by Crippen LogP contribution is -2.49. The smallest absolute Gasteiger partial charge is 0.303 e. The third kappa shape index (κ3) is 10.1. The molecule has 0 aromatic rings. The standard InChI is InChI=1S/C15H29N3O4/c1-11(2)14(15(22)17-10-5-4-9-16-3)18-12(19)7-6-8-13(20)21/h11,14,16H,4-10H2,1-3H3,(H,17,22)(H,18,19)(H,20,21). The van der Waals surface area contributed by atoms with E-state index in [2.05, 4.69) is 16.0 Å². The van der Waals surface area contributed by atoms with Gasteiger partial charge in [0.2, 0.25) is 11.8 Å². The molecule has 0 aliphatic rings. The average molecular weight is 315 g/mol. The van der Waals surface area contributed by atoms with Crippen molar-refractivity contribution in [3.8, 4) is 0 Å². The number of hydrogen-bond acceptors (Lipinski definition) is 4. The van der Waals surface area contributed by atoms with Gasteiger partial charge in [-0.2, -0.15) is 0 Å². The fourth-order valence-corrected chi connectivity index (χ4v) is 1.93. The van der Waals surface area contributed by atoms with Crippen LogP contribution in [0.25, 0.3) is 0 Å². The van der Waals surface area contributed by atoms with Crippen LogP contribution in [-0.2, 0) is 14.4 Å². The van der Waals surface area contributed by atoms with E-state index in [0.717, 1.165) is 19.4 Å². The summed E-state index contributed by atoms with van der Waals surface area (Å²) in [5, 5.41) is 17.1. The molecule has 2 amide bonds. The van der Waals surface area contributed by atoms with E-state index in [0.29, 0.717) is 6.54 Å². The van der Waals surface area contributed by atoms with Crippen molar-refractivity contribution in [2.24, 2.45) is 5.92 Å². The predicted octanol–water partition coefficient (Wildman–Crippen LogP) is 0.498. The van der Waals surface area contributed by atoms with Gasteiger partial charge in [0.05, 0.1) is 0 Å². The lowest BCUT2D eigenvalue weighted by Gasteiger charge is -2.21. The molecule has 0 aliphatic carbocycles. The fraction of sp³-hybridized carbons (Fsp3) is 0.800. The SMILES string of the molecule is CNCCCCNC(=O)C(NC(=O)CCCC(=O)O)C(C)C. The monoisotopic (exact) mass is 315 g/mol. The number of hydrogen-bond donors (Lipinski definition) is 4. The Kier molecular flexibility index (Phi) is 11.1. The van der Waals surface area contributed by atoms with Crippen LogP contribution in [0.15, 0.2) is 0 Å². The van der Waals surface area contributed by atoms with Crippen LogP contribution in [0.3, 0.4) is 0 Å². The maximum absolute atomic E-state index is 12.1. The molecule has 0 aliphatic heterocycles. The molecular weight excluding hydrogens is 286 g/mol. The number of carboxylic acid groups (broad SMARTS) is 1. The molecule has 0 fully saturated rings. The molecule has 1 unspecified atom stereocenters. The Morgan fingerprint density at radius 2 is 1.64 bits per heavy atom. The van der Waals surface area contributed by atoms with Crippen molar-refractivity contribution in [3.05, 3.63) is 0 Å². The summed E-state index contributed by atoms with van der Waals surface area (Å²) in [4.78, 5) is 34.3. The Bertz CT molecular complexity index is 359. The number of aliphatic carboxylic acids is 1. The van der Waals surface area contributed by atoms with Gasteiger partial charge in [0, 0.05) is 19.4 Å². The molecule has 0 saturated carbocycles. The van der Waals surface area contributed by atoms with Gasteiger partial charge in [0.15, 0.2) is 0 Å². The van der Waals surface area contributed by atoms with E-state index in [1.165, 1.54) is 0 Å². The topological polar surface area (TPSA) is 108 Å². The van der Waals surface area contributed by atoms with Crippen molar-refractivity contribution < 1.29 is 19.5 Å². The van der Waals surface area contributed by atoms with Crippen LogP contribution in [-0.4, -0.2) is 49.1 Å². The summed E-state index contributed by atoms with van der Waals surface area (Å²) in [6.45, 7) is 5.22. The third-order valence-electron chi connectivity index (χ3n) is 3.21. The molecule has 0 aromatic carbocycles. The molecule has 128 valence electrons. The van der Waals surface area contributed by atoms with Gasteiger partial charge in [-0.25, -0.2) is 0 Å². The van der Waals surface area contributed by atoms with E-state index >= 15 is 0 Å². The lowest BCUT2D eigenvalue weighted by molar-refractivity contribution is -0.137. The average Bonchev–Trinajstić information content (AvgIpc) is 2.43. The van der Waals surface area contributed by atoms with Crippen molar-refractivity contribution in [1.29, 1.82) is 0 Å². The van der Waals surface area contributed by atoms with Crippen LogP contribution in [0.2, 0.25) is 0 Å². The maximum atomic E-state index is 12.1. The number of carboxylic acids is 1. The number of amides is 2. The van der Waals surface area contributed by atoms with E-state index in [1.54, 1.807) is 0 Å². The number of unbranched alkanes of at least 4 members (excludes halogenated alkanes) is 1. The Labute approximate surface area is 132 Å². The highest BCUT2D eigenvalue weighted by Gasteiger charge is 2.23. The summed E-state index contributed by atoms with van der Waals surface area (Å²) < 4.78 is 0. The largest absolute Gasteiger partial charge is 0.481 e. The Morgan fingerprint density at radius 3 is 2.18 bits per heavy atom. The number of carbonyl (C=O) groups is 3. The van der Waals surface area contributed by atoms with Crippen LogP contribution >= 0.6 is 0 Å². The number of rotatable bonds is 12. The summed E-state index contributed by atoms with van der Waals surface area (Å²) in [7, 11) is 1.88. The van der Waals surface area contributed by atoms with E-state index in [9.17, 15) is 14.4 Å². The maximum Gasteiger partial charge on any atom is 0.303 e. The Balaban J connectivity index is 4.14. The van der Waals surface area contributed by atoms with Gasteiger partial charge < -0.3 is 21.1 Å². The Hall–Kier alpha value is -1.63. The van der Waals surface area contributed by atoms with Crippen LogP contribution in [0, 0.1) is 5.92 Å². The van der Waals surface area contributed by atoms with E-state index in [1.807, 2.05) is 20.9 Å². The summed E-state index contributed by atoms with van der Waals surface area (Å²) >= 11 is 0. The molecule has 0 heterocycles. The zero-order chi connectivity index (χ0) is 17.0. The van der Waals surface area contributed by atoms with Crippen LogP contribution < -0.4 is 16.0 Å². The van der Waals surface area contributed by atoms with Gasteiger partial charge in [-0.05, 0) is 38.8 Å². The minimum Gasteiger partial charge on any atom is -0.481 e. The highest BCUT2D eigenvalue weighted by Crippen LogP contribution is 2.04. The molecule has 0 rings (SSSR count). The molecule has 0 bridgehead atoms. The van der Waals surface area contributed by atoms with Crippen LogP contribution in [0.1, 0.15) is 46.0 Å². The molecule has 0 spiro atoms. The van der Waals surface area contributed by atoms with Gasteiger partial charge in [0.1, 0.15) is 6.04 Å². The van der Waals surface area contributed by atoms with Gasteiger partial charge in [-0.15, -0.1) is 0 Å². The van der Waals surface area contributed by atoms with Gasteiger partial charge >= 0.3 is 5.97 Å². The second-order valence-electron chi connectivity index (χ2n) is 5.64. The highest BCUT2D eigenvalue weighted by atomic mass is 16.4. The predicted molar refractivity (Wildman–Crippen MR) is 84.4 cm³/mol. The van der Waals surface area contributed by atoms with E-state index in [-0.39, 0.29) is 37.0 Å². The highest BCUT2D eigenvalue weighted by molar-refractivity contribution is 5.87. The minimum atomic E-state index is -0.924. The first-order chi connectivity index (χ1) is 10.4. The quantitative estimate of drug-likeness (QED) is 0.392. The second kappa shape index (κ2) is 12.0. The van der Waals surface area contributed by atoms with Crippen molar-refractivity contribution in [2.45, 2.75) is 52.0 Å². The molecular formula is C15H29N3O4. The van der Waals surface area contributed by atoms with E-state index < -0.39 is 12.0 Å². The summed E-state index contributed by atoms with van der Waals surface area (Å²) in [6, 6.07) is -0.582. The summed E-state index contributed by atoms with van der Waals surface area (Å²) in [5.41, 5.74) is 0. The number of nitrogens with one attached hydrogen (secondary N) is 3. The van der Waals surface area contributed by atoms with E-state index in [4.69, 9.17) is 5.11 Å². The first kappa shape index (κ1) is 20.4. The molecule has 22 heavy (non-hydrogen) atoms. The zero-order valence-electron chi connectivity index (χ0n) is 13.8. The second-order valence-corrected chi connectivity index (χ2v) is 5.64. The summed E-state index contributed by atoms with van der Waals surface area (Å²) in [6.07, 6.45) is 2.20. The van der Waals surface area contributed by atoms with Crippen LogP contribution in [0.4, 0.5) is 0 Å². The molecule has 4 N–H and O–H groups in total. The molecule has 0 aromatic heterocycles. The normalized spacial score (nSPS) is 12.0. The van der Waals surface area contributed by atoms with Gasteiger partial charge in [-0.1, -0.05) is 13.8 Å². The lowest BCUT2D eigenvalue weighted by atomic mass is 10.0. The molecule has 0 radical (unpaired) electrons. The first-order valence-corrected chi connectivity index (χ1v) is 7.82. The first-order valence-electron chi connectivity index (χ1n) is 7.82. The van der Waals surface area contributed by atoms with Crippen molar-refractivity contribution in [3.63, 3.8) is 0 Å². The molecule has 7 heteroatoms. The van der Waals surface area contributed by atoms with Gasteiger partial charge in [0.25, 0.3) is 0 Å². The molecule has 1 atom stereocenters. The van der Waals surface area contributed by atoms with Crippen molar-refractivity contribution in [2.75, 3.05) is 20.1 Å². The third-order valence-corrected chi connectivity index (χ3v) is 3.21.